The summed E-state index contributed by atoms with van der Waals surface area (Å²) in [6.07, 6.45) is 8.64. The molecule has 0 unspecified atom stereocenters. The Hall–Kier alpha value is -2.29. The van der Waals surface area contributed by atoms with Gasteiger partial charge in [0, 0.05) is 54.9 Å². The van der Waals surface area contributed by atoms with E-state index in [4.69, 9.17) is 10.1 Å². The third-order valence-electron chi connectivity index (χ3n) is 6.28. The lowest BCUT2D eigenvalue weighted by atomic mass is 9.91. The summed E-state index contributed by atoms with van der Waals surface area (Å²) in [6.45, 7) is 5.79. The van der Waals surface area contributed by atoms with Crippen molar-refractivity contribution in [3.63, 3.8) is 0 Å². The third kappa shape index (κ3) is 4.66. The van der Waals surface area contributed by atoms with E-state index in [2.05, 4.69) is 38.5 Å². The van der Waals surface area contributed by atoms with Gasteiger partial charge in [-0.3, -0.25) is 9.58 Å². The minimum absolute atomic E-state index is 0.0819. The van der Waals surface area contributed by atoms with Crippen LogP contribution in [0.2, 0.25) is 0 Å². The van der Waals surface area contributed by atoms with Crippen molar-refractivity contribution in [1.82, 2.24) is 24.6 Å². The molecule has 0 saturated carbocycles. The summed E-state index contributed by atoms with van der Waals surface area (Å²) in [7, 11) is 0. The van der Waals surface area contributed by atoms with Gasteiger partial charge in [-0.1, -0.05) is 6.07 Å². The van der Waals surface area contributed by atoms with Gasteiger partial charge in [-0.2, -0.15) is 5.10 Å². The standard InChI is InChI=1S/C23H30N6OS/c30-13-12-29-17-20(21-7-8-24-23(25-21)28-10-1-2-11-28)22(26-29)18-5-3-9-27(15-18)16-19-6-4-14-31-19/h4,6-8,14,17-18,30H,1-3,5,9-13,15-16H2/t18-/m0/s1. The van der Waals surface area contributed by atoms with Gasteiger partial charge in [0.25, 0.3) is 0 Å². The molecule has 3 aromatic rings. The molecule has 5 heterocycles. The Morgan fingerprint density at radius 2 is 2.03 bits per heavy atom. The fraction of sp³-hybridized carbons (Fsp3) is 0.522. The number of aliphatic hydroxyl groups is 1. The number of likely N-dealkylation sites (tertiary alicyclic amines) is 1. The molecule has 0 aromatic carbocycles. The number of piperidine rings is 1. The molecule has 1 N–H and O–H groups in total. The van der Waals surface area contributed by atoms with Crippen molar-refractivity contribution in [1.29, 1.82) is 0 Å². The van der Waals surface area contributed by atoms with E-state index in [1.54, 1.807) is 0 Å². The number of rotatable bonds is 7. The van der Waals surface area contributed by atoms with E-state index in [9.17, 15) is 5.11 Å². The summed E-state index contributed by atoms with van der Waals surface area (Å²) in [5.74, 6) is 1.19. The summed E-state index contributed by atoms with van der Waals surface area (Å²) in [4.78, 5) is 15.7. The molecule has 0 radical (unpaired) electrons. The Bertz CT molecular complexity index is 982. The molecule has 5 rings (SSSR count). The molecule has 2 fully saturated rings. The Morgan fingerprint density at radius 1 is 1.13 bits per heavy atom. The van der Waals surface area contributed by atoms with Crippen molar-refractivity contribution in [2.75, 3.05) is 37.7 Å². The molecule has 2 aliphatic rings. The van der Waals surface area contributed by atoms with Gasteiger partial charge >= 0.3 is 0 Å². The molecule has 0 aliphatic carbocycles. The first kappa shape index (κ1) is 20.6. The predicted octanol–water partition coefficient (Wildman–Crippen LogP) is 3.37. The van der Waals surface area contributed by atoms with Crippen LogP contribution in [0.1, 0.15) is 42.2 Å². The highest BCUT2D eigenvalue weighted by Gasteiger charge is 2.27. The van der Waals surface area contributed by atoms with Crippen molar-refractivity contribution in [3.8, 4) is 11.3 Å². The second-order valence-electron chi connectivity index (χ2n) is 8.50. The fourth-order valence-electron chi connectivity index (χ4n) is 4.77. The predicted molar refractivity (Wildman–Crippen MR) is 123 cm³/mol. The van der Waals surface area contributed by atoms with E-state index in [0.29, 0.717) is 12.5 Å². The molecule has 7 nitrogen and oxygen atoms in total. The van der Waals surface area contributed by atoms with Crippen LogP contribution < -0.4 is 4.90 Å². The SMILES string of the molecule is OCCn1cc(-c2ccnc(N3CCCC3)n2)c([C@H]2CCCN(Cc3cccs3)C2)n1. The highest BCUT2D eigenvalue weighted by Crippen LogP contribution is 2.34. The average Bonchev–Trinajstić information content (AvgIpc) is 3.56. The lowest BCUT2D eigenvalue weighted by Gasteiger charge is -2.32. The number of aromatic nitrogens is 4. The van der Waals surface area contributed by atoms with E-state index in [1.807, 2.05) is 28.3 Å². The monoisotopic (exact) mass is 438 g/mol. The van der Waals surface area contributed by atoms with Crippen molar-refractivity contribution < 1.29 is 5.11 Å². The highest BCUT2D eigenvalue weighted by atomic mass is 32.1. The Kier molecular flexibility index (Phi) is 6.29. The zero-order valence-corrected chi connectivity index (χ0v) is 18.7. The van der Waals surface area contributed by atoms with Crippen LogP contribution in [0.5, 0.6) is 0 Å². The second-order valence-corrected chi connectivity index (χ2v) is 9.54. The van der Waals surface area contributed by atoms with Gasteiger partial charge in [0.1, 0.15) is 0 Å². The van der Waals surface area contributed by atoms with Crippen LogP contribution in [-0.4, -0.2) is 62.5 Å². The van der Waals surface area contributed by atoms with Crippen LogP contribution in [0.25, 0.3) is 11.3 Å². The molecule has 0 bridgehead atoms. The van der Waals surface area contributed by atoms with Gasteiger partial charge in [0.2, 0.25) is 5.95 Å². The quantitative estimate of drug-likeness (QED) is 0.610. The maximum Gasteiger partial charge on any atom is 0.225 e. The van der Waals surface area contributed by atoms with Gasteiger partial charge in [-0.15, -0.1) is 11.3 Å². The molecule has 2 aliphatic heterocycles. The van der Waals surface area contributed by atoms with Crippen molar-refractivity contribution >= 4 is 17.3 Å². The number of anilines is 1. The Labute approximate surface area is 187 Å². The molecular formula is C23H30N6OS. The smallest absolute Gasteiger partial charge is 0.225 e. The number of aliphatic hydroxyl groups excluding tert-OH is 1. The normalized spacial score (nSPS) is 19.9. The number of thiophene rings is 1. The van der Waals surface area contributed by atoms with Crippen LogP contribution in [0.3, 0.4) is 0 Å². The molecular weight excluding hydrogens is 408 g/mol. The highest BCUT2D eigenvalue weighted by molar-refractivity contribution is 7.09. The molecule has 31 heavy (non-hydrogen) atoms. The summed E-state index contributed by atoms with van der Waals surface area (Å²) in [5.41, 5.74) is 3.13. The number of hydrogen-bond acceptors (Lipinski definition) is 7. The zero-order valence-electron chi connectivity index (χ0n) is 17.9. The molecule has 2 saturated heterocycles. The Balaban J connectivity index is 1.42. The molecule has 8 heteroatoms. The average molecular weight is 439 g/mol. The van der Waals surface area contributed by atoms with Crippen LogP contribution in [0.4, 0.5) is 5.95 Å². The van der Waals surface area contributed by atoms with Gasteiger partial charge in [-0.25, -0.2) is 9.97 Å². The van der Waals surface area contributed by atoms with E-state index >= 15 is 0 Å². The number of nitrogens with zero attached hydrogens (tertiary/aromatic N) is 6. The second kappa shape index (κ2) is 9.46. The fourth-order valence-corrected chi connectivity index (χ4v) is 5.51. The maximum absolute atomic E-state index is 9.47. The van der Waals surface area contributed by atoms with Crippen molar-refractivity contribution in [2.45, 2.75) is 44.7 Å². The lowest BCUT2D eigenvalue weighted by Crippen LogP contribution is -2.34. The van der Waals surface area contributed by atoms with E-state index < -0.39 is 0 Å². The van der Waals surface area contributed by atoms with Crippen LogP contribution in [-0.2, 0) is 13.1 Å². The minimum atomic E-state index is 0.0819. The zero-order chi connectivity index (χ0) is 21.0. The lowest BCUT2D eigenvalue weighted by molar-refractivity contribution is 0.199. The van der Waals surface area contributed by atoms with Crippen molar-refractivity contribution in [3.05, 3.63) is 46.5 Å². The Morgan fingerprint density at radius 3 is 2.84 bits per heavy atom. The first-order valence-electron chi connectivity index (χ1n) is 11.3. The first-order chi connectivity index (χ1) is 15.3. The van der Waals surface area contributed by atoms with E-state index in [1.165, 1.54) is 24.1 Å². The molecule has 1 atom stereocenters. The first-order valence-corrected chi connectivity index (χ1v) is 12.2. The van der Waals surface area contributed by atoms with Gasteiger partial charge in [0.15, 0.2) is 0 Å². The largest absolute Gasteiger partial charge is 0.394 e. The molecule has 0 amide bonds. The molecule has 0 spiro atoms. The summed E-state index contributed by atoms with van der Waals surface area (Å²) >= 11 is 1.83. The number of hydrogen-bond donors (Lipinski definition) is 1. The van der Waals surface area contributed by atoms with E-state index in [0.717, 1.165) is 62.0 Å². The molecule has 3 aromatic heterocycles. The van der Waals surface area contributed by atoms with Crippen LogP contribution in [0.15, 0.2) is 36.0 Å². The van der Waals surface area contributed by atoms with E-state index in [-0.39, 0.29) is 6.61 Å². The maximum atomic E-state index is 9.47. The summed E-state index contributed by atoms with van der Waals surface area (Å²) in [5, 5.41) is 16.5. The van der Waals surface area contributed by atoms with Crippen LogP contribution in [0, 0.1) is 0 Å². The minimum Gasteiger partial charge on any atom is -0.394 e. The van der Waals surface area contributed by atoms with Crippen LogP contribution >= 0.6 is 11.3 Å². The third-order valence-corrected chi connectivity index (χ3v) is 7.14. The topological polar surface area (TPSA) is 70.3 Å². The van der Waals surface area contributed by atoms with Gasteiger partial charge in [0.05, 0.1) is 24.5 Å². The van der Waals surface area contributed by atoms with Gasteiger partial charge in [-0.05, 0) is 49.7 Å². The summed E-state index contributed by atoms with van der Waals surface area (Å²) in [6, 6.07) is 6.34. The van der Waals surface area contributed by atoms with Gasteiger partial charge < -0.3 is 10.0 Å². The summed E-state index contributed by atoms with van der Waals surface area (Å²) < 4.78 is 1.88. The molecule has 164 valence electrons. The van der Waals surface area contributed by atoms with Crippen molar-refractivity contribution in [2.24, 2.45) is 0 Å².